The molecule has 0 atom stereocenters. The van der Waals surface area contributed by atoms with Gasteiger partial charge in [-0.05, 0) is 26.2 Å². The van der Waals surface area contributed by atoms with Crippen LogP contribution in [0.5, 0.6) is 0 Å². The Hall–Kier alpha value is -1.52. The van der Waals surface area contributed by atoms with E-state index in [1.807, 2.05) is 0 Å². The summed E-state index contributed by atoms with van der Waals surface area (Å²) >= 11 is 0. The maximum atomic E-state index is 11.4. The molecular formula is C10H15N3O2. The number of rotatable bonds is 1. The molecule has 5 nitrogen and oxygen atoms in total. The molecule has 2 rings (SSSR count). The van der Waals surface area contributed by atoms with Crippen LogP contribution in [-0.2, 0) is 0 Å². The van der Waals surface area contributed by atoms with E-state index in [4.69, 9.17) is 0 Å². The Morgan fingerprint density at radius 2 is 1.73 bits per heavy atom. The fourth-order valence-electron chi connectivity index (χ4n) is 1.97. The van der Waals surface area contributed by atoms with Crippen molar-refractivity contribution in [3.05, 3.63) is 26.4 Å². The second-order valence-corrected chi connectivity index (χ2v) is 3.93. The van der Waals surface area contributed by atoms with Crippen molar-refractivity contribution in [1.82, 2.24) is 9.97 Å². The summed E-state index contributed by atoms with van der Waals surface area (Å²) in [6.45, 7) is 3.57. The Kier molecular flexibility index (Phi) is 2.62. The summed E-state index contributed by atoms with van der Waals surface area (Å²) in [4.78, 5) is 29.6. The first-order chi connectivity index (χ1) is 7.18. The number of aromatic nitrogens is 2. The minimum Gasteiger partial charge on any atom is -0.358 e. The van der Waals surface area contributed by atoms with Gasteiger partial charge < -0.3 is 4.90 Å². The summed E-state index contributed by atoms with van der Waals surface area (Å²) in [5, 5.41) is 0. The molecule has 0 bridgehead atoms. The predicted octanol–water partition coefficient (Wildman–Crippen LogP) is 0.362. The summed E-state index contributed by atoms with van der Waals surface area (Å²) in [5.74, 6) is 0.684. The van der Waals surface area contributed by atoms with Crippen LogP contribution in [0.4, 0.5) is 5.82 Å². The first-order valence-electron chi connectivity index (χ1n) is 5.26. The third-order valence-electron chi connectivity index (χ3n) is 2.83. The fraction of sp³-hybridized carbons (Fsp3) is 0.600. The van der Waals surface area contributed by atoms with E-state index < -0.39 is 5.69 Å². The Morgan fingerprint density at radius 1 is 1.07 bits per heavy atom. The standard InChI is InChI=1S/C10H15N3O2/c1-7-8(11-10(15)12-9(7)14)13-5-3-2-4-6-13/h2-6H2,1H3,(H2,11,12,14,15). The number of anilines is 1. The molecule has 5 heteroatoms. The maximum Gasteiger partial charge on any atom is 0.327 e. The van der Waals surface area contributed by atoms with Crippen molar-refractivity contribution in [3.8, 4) is 0 Å². The van der Waals surface area contributed by atoms with Crippen molar-refractivity contribution >= 4 is 5.82 Å². The van der Waals surface area contributed by atoms with Gasteiger partial charge in [0, 0.05) is 13.1 Å². The molecule has 1 aromatic rings. The zero-order chi connectivity index (χ0) is 10.8. The third kappa shape index (κ3) is 1.95. The van der Waals surface area contributed by atoms with Gasteiger partial charge in [0.2, 0.25) is 0 Å². The van der Waals surface area contributed by atoms with Gasteiger partial charge in [-0.3, -0.25) is 14.8 Å². The summed E-state index contributed by atoms with van der Waals surface area (Å²) < 4.78 is 0. The molecule has 1 aromatic heterocycles. The van der Waals surface area contributed by atoms with Gasteiger partial charge in [0.15, 0.2) is 0 Å². The molecule has 0 radical (unpaired) electrons. The fourth-order valence-corrected chi connectivity index (χ4v) is 1.97. The average Bonchev–Trinajstić information content (AvgIpc) is 2.24. The Morgan fingerprint density at radius 3 is 2.40 bits per heavy atom. The van der Waals surface area contributed by atoms with E-state index in [0.717, 1.165) is 25.9 Å². The Balaban J connectivity index is 2.42. The van der Waals surface area contributed by atoms with Crippen LogP contribution in [0.25, 0.3) is 0 Å². The van der Waals surface area contributed by atoms with E-state index >= 15 is 0 Å². The molecule has 0 spiro atoms. The number of nitrogens with one attached hydrogen (secondary N) is 2. The largest absolute Gasteiger partial charge is 0.358 e. The normalized spacial score (nSPS) is 16.7. The van der Waals surface area contributed by atoms with Crippen molar-refractivity contribution in [2.24, 2.45) is 0 Å². The zero-order valence-electron chi connectivity index (χ0n) is 8.80. The number of nitrogens with zero attached hydrogens (tertiary/aromatic N) is 1. The highest BCUT2D eigenvalue weighted by molar-refractivity contribution is 5.44. The lowest BCUT2D eigenvalue weighted by molar-refractivity contribution is 0.571. The molecule has 0 saturated carbocycles. The van der Waals surface area contributed by atoms with Crippen LogP contribution in [0.2, 0.25) is 0 Å². The van der Waals surface area contributed by atoms with Gasteiger partial charge in [0.25, 0.3) is 5.56 Å². The summed E-state index contributed by atoms with van der Waals surface area (Å²) in [6, 6.07) is 0. The van der Waals surface area contributed by atoms with Gasteiger partial charge in [-0.25, -0.2) is 4.79 Å². The van der Waals surface area contributed by atoms with Gasteiger partial charge in [0.05, 0.1) is 5.56 Å². The second kappa shape index (κ2) is 3.92. The quantitative estimate of drug-likeness (QED) is 0.701. The van der Waals surface area contributed by atoms with Gasteiger partial charge in [-0.15, -0.1) is 0 Å². The lowest BCUT2D eigenvalue weighted by atomic mass is 10.1. The molecule has 15 heavy (non-hydrogen) atoms. The topological polar surface area (TPSA) is 69.0 Å². The van der Waals surface area contributed by atoms with Crippen LogP contribution in [0.3, 0.4) is 0 Å². The molecule has 1 fully saturated rings. The number of piperidine rings is 1. The highest BCUT2D eigenvalue weighted by Gasteiger charge is 2.15. The van der Waals surface area contributed by atoms with Crippen molar-refractivity contribution in [2.75, 3.05) is 18.0 Å². The maximum absolute atomic E-state index is 11.4. The molecule has 1 saturated heterocycles. The van der Waals surface area contributed by atoms with E-state index in [1.165, 1.54) is 6.42 Å². The number of aromatic amines is 2. The zero-order valence-corrected chi connectivity index (χ0v) is 8.80. The van der Waals surface area contributed by atoms with E-state index in [-0.39, 0.29) is 5.56 Å². The molecule has 0 aromatic carbocycles. The van der Waals surface area contributed by atoms with Crippen LogP contribution in [0.1, 0.15) is 24.8 Å². The van der Waals surface area contributed by atoms with Crippen LogP contribution < -0.4 is 16.1 Å². The molecule has 0 unspecified atom stereocenters. The third-order valence-corrected chi connectivity index (χ3v) is 2.83. The highest BCUT2D eigenvalue weighted by atomic mass is 16.2. The lowest BCUT2D eigenvalue weighted by Crippen LogP contribution is -2.35. The molecule has 2 N–H and O–H groups in total. The Labute approximate surface area is 87.1 Å². The predicted molar refractivity (Wildman–Crippen MR) is 58.5 cm³/mol. The Bertz CT molecular complexity index is 454. The molecule has 0 amide bonds. The van der Waals surface area contributed by atoms with Crippen molar-refractivity contribution in [1.29, 1.82) is 0 Å². The van der Waals surface area contributed by atoms with Gasteiger partial charge in [0.1, 0.15) is 5.82 Å². The van der Waals surface area contributed by atoms with Gasteiger partial charge >= 0.3 is 5.69 Å². The van der Waals surface area contributed by atoms with E-state index in [2.05, 4.69) is 14.9 Å². The van der Waals surface area contributed by atoms with E-state index in [1.54, 1.807) is 6.92 Å². The van der Waals surface area contributed by atoms with Crippen LogP contribution in [0, 0.1) is 6.92 Å². The van der Waals surface area contributed by atoms with Crippen LogP contribution >= 0.6 is 0 Å². The number of hydrogen-bond donors (Lipinski definition) is 2. The summed E-state index contributed by atoms with van der Waals surface area (Å²) in [7, 11) is 0. The monoisotopic (exact) mass is 209 g/mol. The molecule has 82 valence electrons. The molecule has 1 aliphatic rings. The molecule has 2 heterocycles. The van der Waals surface area contributed by atoms with Gasteiger partial charge in [-0.1, -0.05) is 0 Å². The van der Waals surface area contributed by atoms with E-state index in [9.17, 15) is 9.59 Å². The van der Waals surface area contributed by atoms with Crippen LogP contribution in [-0.4, -0.2) is 23.1 Å². The average molecular weight is 209 g/mol. The van der Waals surface area contributed by atoms with Crippen molar-refractivity contribution < 1.29 is 0 Å². The molecule has 1 aliphatic heterocycles. The molecule has 0 aliphatic carbocycles. The number of H-pyrrole nitrogens is 2. The van der Waals surface area contributed by atoms with Crippen LogP contribution in [0.15, 0.2) is 9.59 Å². The van der Waals surface area contributed by atoms with Gasteiger partial charge in [-0.2, -0.15) is 0 Å². The minimum atomic E-state index is -0.425. The first-order valence-corrected chi connectivity index (χ1v) is 5.26. The second-order valence-electron chi connectivity index (χ2n) is 3.93. The number of hydrogen-bond acceptors (Lipinski definition) is 3. The SMILES string of the molecule is Cc1c(N2CCCCC2)[nH]c(=O)[nH]c1=O. The summed E-state index contributed by atoms with van der Waals surface area (Å²) in [5.41, 5.74) is -0.123. The minimum absolute atomic E-state index is 0.292. The van der Waals surface area contributed by atoms with E-state index in [0.29, 0.717) is 11.4 Å². The first kappa shape index (κ1) is 10.0. The summed E-state index contributed by atoms with van der Waals surface area (Å²) in [6.07, 6.45) is 3.46. The molecular weight excluding hydrogens is 194 g/mol. The van der Waals surface area contributed by atoms with Crippen molar-refractivity contribution in [3.63, 3.8) is 0 Å². The lowest BCUT2D eigenvalue weighted by Gasteiger charge is -2.28. The smallest absolute Gasteiger partial charge is 0.327 e. The van der Waals surface area contributed by atoms with Crippen molar-refractivity contribution in [2.45, 2.75) is 26.2 Å². The highest BCUT2D eigenvalue weighted by Crippen LogP contribution is 2.17.